The van der Waals surface area contributed by atoms with Crippen molar-refractivity contribution in [2.24, 2.45) is 0 Å². The Balaban J connectivity index is 2.82. The van der Waals surface area contributed by atoms with Gasteiger partial charge in [-0.2, -0.15) is 8.78 Å². The van der Waals surface area contributed by atoms with Crippen LogP contribution in [0.4, 0.5) is 13.2 Å². The molecule has 1 rings (SSSR count). The highest BCUT2D eigenvalue weighted by Crippen LogP contribution is 2.22. The van der Waals surface area contributed by atoms with Crippen molar-refractivity contribution < 1.29 is 23.0 Å². The van der Waals surface area contributed by atoms with Crippen molar-refractivity contribution >= 4 is 0 Å². The van der Waals surface area contributed by atoms with E-state index < -0.39 is 18.2 Å². The molecule has 0 aliphatic rings. The second-order valence-corrected chi connectivity index (χ2v) is 1.99. The van der Waals surface area contributed by atoms with Crippen LogP contribution >= 0.6 is 0 Å². The van der Waals surface area contributed by atoms with E-state index in [4.69, 9.17) is 5.11 Å². The molecular weight excluding hydrogens is 173 g/mol. The normalized spacial score (nSPS) is 10.3. The summed E-state index contributed by atoms with van der Waals surface area (Å²) in [6.07, 6.45) is 0. The topological polar surface area (TPSA) is 29.5 Å². The molecule has 0 unspecified atom stereocenters. The number of hydrogen-bond donors (Lipinski definition) is 1. The molecule has 0 fully saturated rings. The number of ether oxygens (including phenoxy) is 1. The van der Waals surface area contributed by atoms with Gasteiger partial charge in [-0.3, -0.25) is 0 Å². The average Bonchev–Trinajstić information content (AvgIpc) is 1.96. The molecule has 2 nitrogen and oxygen atoms in total. The number of hydrogen-bond acceptors (Lipinski definition) is 2. The average molecular weight is 178 g/mol. The lowest BCUT2D eigenvalue weighted by molar-refractivity contribution is -0.0500. The maximum atomic E-state index is 12.5. The van der Waals surface area contributed by atoms with Crippen molar-refractivity contribution in [3.8, 4) is 11.5 Å². The third-order valence-electron chi connectivity index (χ3n) is 1.14. The highest BCUT2D eigenvalue weighted by Gasteiger charge is 2.06. The summed E-state index contributed by atoms with van der Waals surface area (Å²) >= 11 is 0. The molecular formula is C7H5F3O2. The fourth-order valence-corrected chi connectivity index (χ4v) is 0.664. The van der Waals surface area contributed by atoms with Crippen molar-refractivity contribution in [2.75, 3.05) is 0 Å². The van der Waals surface area contributed by atoms with Crippen molar-refractivity contribution in [1.29, 1.82) is 0 Å². The van der Waals surface area contributed by atoms with Gasteiger partial charge in [-0.1, -0.05) is 0 Å². The summed E-state index contributed by atoms with van der Waals surface area (Å²) in [5.74, 6) is -1.91. The molecule has 0 spiro atoms. The van der Waals surface area contributed by atoms with Crippen LogP contribution in [0, 0.1) is 5.82 Å². The van der Waals surface area contributed by atoms with Crippen molar-refractivity contribution in [3.63, 3.8) is 0 Å². The Morgan fingerprint density at radius 3 is 2.50 bits per heavy atom. The maximum Gasteiger partial charge on any atom is 0.387 e. The van der Waals surface area contributed by atoms with Crippen LogP contribution in [0.15, 0.2) is 18.2 Å². The standard InChI is InChI=1S/C7H5F3O2/c8-5-3-4(12-7(9)10)1-2-6(5)11/h1-3,7,11H. The smallest absolute Gasteiger partial charge is 0.387 e. The molecule has 1 aromatic carbocycles. The number of benzene rings is 1. The van der Waals surface area contributed by atoms with Gasteiger partial charge in [0.25, 0.3) is 0 Å². The molecule has 0 radical (unpaired) electrons. The lowest BCUT2D eigenvalue weighted by Gasteiger charge is -2.03. The molecule has 66 valence electrons. The van der Waals surface area contributed by atoms with E-state index in [-0.39, 0.29) is 5.75 Å². The number of halogens is 3. The Bertz CT molecular complexity index is 275. The first-order valence-electron chi connectivity index (χ1n) is 3.03. The first-order valence-corrected chi connectivity index (χ1v) is 3.03. The van der Waals surface area contributed by atoms with Crippen LogP contribution < -0.4 is 4.74 Å². The number of alkyl halides is 2. The summed E-state index contributed by atoms with van der Waals surface area (Å²) in [6.45, 7) is -2.99. The van der Waals surface area contributed by atoms with Gasteiger partial charge in [-0.25, -0.2) is 4.39 Å². The Kier molecular flexibility index (Phi) is 2.42. The first-order chi connectivity index (χ1) is 5.59. The third-order valence-corrected chi connectivity index (χ3v) is 1.14. The summed E-state index contributed by atoms with van der Waals surface area (Å²) in [4.78, 5) is 0. The SMILES string of the molecule is Oc1ccc(OC(F)F)cc1F. The van der Waals surface area contributed by atoms with Crippen LogP contribution in [0.5, 0.6) is 11.5 Å². The zero-order valence-electron chi connectivity index (χ0n) is 5.80. The molecule has 5 heteroatoms. The fourth-order valence-electron chi connectivity index (χ4n) is 0.664. The van der Waals surface area contributed by atoms with Crippen molar-refractivity contribution in [1.82, 2.24) is 0 Å². The van der Waals surface area contributed by atoms with E-state index in [1.165, 1.54) is 0 Å². The van der Waals surface area contributed by atoms with Gasteiger partial charge in [0.05, 0.1) is 0 Å². The molecule has 1 N–H and O–H groups in total. The minimum Gasteiger partial charge on any atom is -0.505 e. The summed E-state index contributed by atoms with van der Waals surface area (Å²) in [5, 5.41) is 8.66. The van der Waals surface area contributed by atoms with Gasteiger partial charge in [0.15, 0.2) is 11.6 Å². The quantitative estimate of drug-likeness (QED) is 0.751. The molecule has 0 heterocycles. The Morgan fingerprint density at radius 2 is 2.00 bits per heavy atom. The van der Waals surface area contributed by atoms with E-state index in [0.29, 0.717) is 6.07 Å². The highest BCUT2D eigenvalue weighted by atomic mass is 19.3. The van der Waals surface area contributed by atoms with Crippen LogP contribution in [0.3, 0.4) is 0 Å². The zero-order chi connectivity index (χ0) is 9.14. The second kappa shape index (κ2) is 3.34. The third kappa shape index (κ3) is 2.05. The monoisotopic (exact) mass is 178 g/mol. The molecule has 0 saturated heterocycles. The number of aromatic hydroxyl groups is 1. The van der Waals surface area contributed by atoms with E-state index in [0.717, 1.165) is 12.1 Å². The number of phenolic OH excluding ortho intramolecular Hbond substituents is 1. The van der Waals surface area contributed by atoms with Gasteiger partial charge in [0.1, 0.15) is 5.75 Å². The van der Waals surface area contributed by atoms with E-state index in [9.17, 15) is 13.2 Å². The molecule has 0 bridgehead atoms. The molecule has 12 heavy (non-hydrogen) atoms. The summed E-state index contributed by atoms with van der Waals surface area (Å²) in [5.41, 5.74) is 0. The van der Waals surface area contributed by atoms with Crippen LogP contribution in [-0.2, 0) is 0 Å². The lowest BCUT2D eigenvalue weighted by atomic mass is 10.3. The lowest BCUT2D eigenvalue weighted by Crippen LogP contribution is -2.01. The van der Waals surface area contributed by atoms with Crippen LogP contribution in [0.2, 0.25) is 0 Å². The number of rotatable bonds is 2. The Labute approximate surface area is 66.2 Å². The maximum absolute atomic E-state index is 12.5. The van der Waals surface area contributed by atoms with Gasteiger partial charge < -0.3 is 9.84 Å². The zero-order valence-corrected chi connectivity index (χ0v) is 5.80. The fraction of sp³-hybridized carbons (Fsp3) is 0.143. The minimum atomic E-state index is -2.99. The second-order valence-electron chi connectivity index (χ2n) is 1.99. The first kappa shape index (κ1) is 8.70. The van der Waals surface area contributed by atoms with Gasteiger partial charge >= 0.3 is 6.61 Å². The largest absolute Gasteiger partial charge is 0.505 e. The van der Waals surface area contributed by atoms with E-state index in [2.05, 4.69) is 4.74 Å². The molecule has 0 aliphatic heterocycles. The predicted molar refractivity (Wildman–Crippen MR) is 34.7 cm³/mol. The predicted octanol–water partition coefficient (Wildman–Crippen LogP) is 2.13. The highest BCUT2D eigenvalue weighted by molar-refractivity contribution is 5.31. The van der Waals surface area contributed by atoms with E-state index in [1.54, 1.807) is 0 Å². The summed E-state index contributed by atoms with van der Waals surface area (Å²) < 4.78 is 39.4. The molecule has 0 atom stereocenters. The molecule has 1 aromatic rings. The van der Waals surface area contributed by atoms with E-state index in [1.807, 2.05) is 0 Å². The Morgan fingerprint density at radius 1 is 1.33 bits per heavy atom. The number of phenols is 1. The molecule has 0 saturated carbocycles. The van der Waals surface area contributed by atoms with Crippen LogP contribution in [0.25, 0.3) is 0 Å². The molecule has 0 aliphatic carbocycles. The Hall–Kier alpha value is -1.39. The van der Waals surface area contributed by atoms with Gasteiger partial charge in [0.2, 0.25) is 0 Å². The summed E-state index contributed by atoms with van der Waals surface area (Å²) in [6, 6.07) is 2.67. The van der Waals surface area contributed by atoms with Gasteiger partial charge in [-0.15, -0.1) is 0 Å². The molecule has 0 amide bonds. The molecule has 0 aromatic heterocycles. The van der Waals surface area contributed by atoms with Crippen LogP contribution in [-0.4, -0.2) is 11.7 Å². The minimum absolute atomic E-state index is 0.319. The van der Waals surface area contributed by atoms with Crippen molar-refractivity contribution in [3.05, 3.63) is 24.0 Å². The van der Waals surface area contributed by atoms with Crippen LogP contribution in [0.1, 0.15) is 0 Å². The van der Waals surface area contributed by atoms with E-state index >= 15 is 0 Å². The van der Waals surface area contributed by atoms with Gasteiger partial charge in [-0.05, 0) is 12.1 Å². The summed E-state index contributed by atoms with van der Waals surface area (Å²) in [7, 11) is 0. The van der Waals surface area contributed by atoms with Crippen molar-refractivity contribution in [2.45, 2.75) is 6.61 Å². The van der Waals surface area contributed by atoms with Gasteiger partial charge in [0, 0.05) is 6.07 Å².